The highest BCUT2D eigenvalue weighted by Crippen LogP contribution is 2.64. The van der Waals surface area contributed by atoms with Gasteiger partial charge in [-0.05, 0) is 68.7 Å². The number of halogens is 2. The van der Waals surface area contributed by atoms with Crippen molar-refractivity contribution in [1.29, 1.82) is 0 Å². The first-order valence-electron chi connectivity index (χ1n) is 10.1. The fourth-order valence-electron chi connectivity index (χ4n) is 4.13. The number of aryl methyl sites for hydroxylation is 2. The van der Waals surface area contributed by atoms with Crippen LogP contribution in [0.15, 0.2) is 67.4 Å². The van der Waals surface area contributed by atoms with E-state index in [2.05, 4.69) is 68.5 Å². The van der Waals surface area contributed by atoms with Crippen LogP contribution in [-0.2, 0) is 0 Å². The molecule has 3 atom stereocenters. The molecule has 2 aromatic carbocycles. The van der Waals surface area contributed by atoms with Gasteiger partial charge in [-0.15, -0.1) is 11.6 Å². The Hall–Kier alpha value is -2.16. The summed E-state index contributed by atoms with van der Waals surface area (Å²) < 4.78 is 0. The van der Waals surface area contributed by atoms with Gasteiger partial charge in [0.15, 0.2) is 0 Å². The lowest BCUT2D eigenvalue weighted by Gasteiger charge is -2.16. The van der Waals surface area contributed by atoms with Gasteiger partial charge in [-0.2, -0.15) is 0 Å². The molecule has 1 saturated carbocycles. The first kappa shape index (κ1) is 22.5. The number of nitrogens with one attached hydrogen (secondary N) is 2. The van der Waals surface area contributed by atoms with Crippen molar-refractivity contribution in [3.05, 3.63) is 94.7 Å². The molecule has 2 N–H and O–H groups in total. The molecule has 2 aromatic rings. The Morgan fingerprint density at radius 1 is 1.10 bits per heavy atom. The topological polar surface area (TPSA) is 24.1 Å². The van der Waals surface area contributed by atoms with Crippen molar-refractivity contribution in [3.8, 4) is 0 Å². The van der Waals surface area contributed by atoms with Crippen molar-refractivity contribution in [3.63, 3.8) is 0 Å². The molecule has 1 fully saturated rings. The van der Waals surface area contributed by atoms with Crippen LogP contribution in [0.3, 0.4) is 0 Å². The van der Waals surface area contributed by atoms with Crippen molar-refractivity contribution in [1.82, 2.24) is 5.32 Å². The van der Waals surface area contributed by atoms with Gasteiger partial charge in [0.1, 0.15) is 0 Å². The fourth-order valence-corrected chi connectivity index (χ4v) is 4.87. The second-order valence-electron chi connectivity index (χ2n) is 8.64. The second kappa shape index (κ2) is 8.53. The zero-order valence-electron chi connectivity index (χ0n) is 18.2. The minimum Gasteiger partial charge on any atom is -0.381 e. The number of allylic oxidation sites excluding steroid dienone is 1. The Morgan fingerprint density at radius 2 is 1.80 bits per heavy atom. The molecule has 2 nitrogen and oxygen atoms in total. The van der Waals surface area contributed by atoms with Crippen LogP contribution in [0.5, 0.6) is 0 Å². The molecule has 0 radical (unpaired) electrons. The molecular formula is C26H30Cl2N2. The van der Waals surface area contributed by atoms with Gasteiger partial charge in [0.05, 0.1) is 4.87 Å². The molecule has 3 rings (SSSR count). The maximum absolute atomic E-state index is 6.88. The lowest BCUT2D eigenvalue weighted by molar-refractivity contribution is 0.898. The summed E-state index contributed by atoms with van der Waals surface area (Å²) in [7, 11) is 0. The molecule has 0 amide bonds. The molecule has 4 heteroatoms. The van der Waals surface area contributed by atoms with E-state index in [0.29, 0.717) is 6.54 Å². The molecule has 0 saturated heterocycles. The van der Waals surface area contributed by atoms with Crippen LogP contribution in [-0.4, -0.2) is 11.4 Å². The van der Waals surface area contributed by atoms with E-state index in [9.17, 15) is 0 Å². The third-order valence-electron chi connectivity index (χ3n) is 5.71. The lowest BCUT2D eigenvalue weighted by atomic mass is 10.0. The highest BCUT2D eigenvalue weighted by molar-refractivity contribution is 6.31. The predicted molar refractivity (Wildman–Crippen MR) is 132 cm³/mol. The van der Waals surface area contributed by atoms with Crippen molar-refractivity contribution >= 4 is 34.6 Å². The zero-order valence-corrected chi connectivity index (χ0v) is 19.7. The number of anilines is 1. The molecule has 30 heavy (non-hydrogen) atoms. The van der Waals surface area contributed by atoms with Crippen molar-refractivity contribution in [2.75, 3.05) is 11.9 Å². The van der Waals surface area contributed by atoms with E-state index in [1.54, 1.807) is 0 Å². The zero-order chi connectivity index (χ0) is 22.2. The first-order valence-corrected chi connectivity index (χ1v) is 10.9. The molecule has 0 aromatic heterocycles. The van der Waals surface area contributed by atoms with E-state index in [1.165, 1.54) is 0 Å². The molecule has 0 heterocycles. The molecule has 0 spiro atoms. The van der Waals surface area contributed by atoms with Crippen molar-refractivity contribution < 1.29 is 0 Å². The largest absolute Gasteiger partial charge is 0.381 e. The second-order valence-corrected chi connectivity index (χ2v) is 9.89. The van der Waals surface area contributed by atoms with Crippen molar-refractivity contribution in [2.45, 2.75) is 38.5 Å². The summed E-state index contributed by atoms with van der Waals surface area (Å²) in [5.74, 6) is 0.292. The van der Waals surface area contributed by atoms with Gasteiger partial charge in [0.2, 0.25) is 0 Å². The van der Waals surface area contributed by atoms with Gasteiger partial charge in [-0.1, -0.05) is 49.0 Å². The molecule has 3 unspecified atom stereocenters. The molecule has 158 valence electrons. The molecule has 1 aliphatic carbocycles. The fraction of sp³-hybridized carbons (Fsp3) is 0.308. The highest BCUT2D eigenvalue weighted by Gasteiger charge is 2.62. The smallest absolute Gasteiger partial charge is 0.0582 e. The van der Waals surface area contributed by atoms with Crippen LogP contribution in [0.1, 0.15) is 42.0 Å². The summed E-state index contributed by atoms with van der Waals surface area (Å²) in [4.78, 5) is -0.388. The van der Waals surface area contributed by atoms with Gasteiger partial charge >= 0.3 is 0 Å². The van der Waals surface area contributed by atoms with Gasteiger partial charge in [0.25, 0.3) is 0 Å². The molecule has 0 bridgehead atoms. The first-order chi connectivity index (χ1) is 14.0. The van der Waals surface area contributed by atoms with E-state index in [1.807, 2.05) is 26.0 Å². The van der Waals surface area contributed by atoms with Crippen LogP contribution in [0.4, 0.5) is 5.69 Å². The van der Waals surface area contributed by atoms with Crippen molar-refractivity contribution in [2.24, 2.45) is 5.92 Å². The van der Waals surface area contributed by atoms with E-state index >= 15 is 0 Å². The average molecular weight is 441 g/mol. The quantitative estimate of drug-likeness (QED) is 0.329. The maximum Gasteiger partial charge on any atom is 0.0582 e. The molecular weight excluding hydrogens is 411 g/mol. The number of benzene rings is 2. The maximum atomic E-state index is 6.88. The van der Waals surface area contributed by atoms with E-state index in [-0.39, 0.29) is 16.7 Å². The number of rotatable bonds is 8. The lowest BCUT2D eigenvalue weighted by Crippen LogP contribution is -2.14. The summed E-state index contributed by atoms with van der Waals surface area (Å²) >= 11 is 13.2. The highest BCUT2D eigenvalue weighted by atomic mass is 35.5. The van der Waals surface area contributed by atoms with Crippen LogP contribution < -0.4 is 10.6 Å². The number of alkyl halides is 1. The minimum absolute atomic E-state index is 0.117. The van der Waals surface area contributed by atoms with Crippen LogP contribution in [0.2, 0.25) is 5.02 Å². The third kappa shape index (κ3) is 4.77. The monoisotopic (exact) mass is 440 g/mol. The molecule has 1 aliphatic rings. The summed E-state index contributed by atoms with van der Waals surface area (Å²) in [6, 6.07) is 12.4. The summed E-state index contributed by atoms with van der Waals surface area (Å²) in [6.07, 6.45) is 0. The average Bonchev–Trinajstić information content (AvgIpc) is 3.22. The molecule has 0 aliphatic heterocycles. The Bertz CT molecular complexity index is 999. The SMILES string of the molecule is C=C(C)CNC(=C)c1cc(NC(=C)C2C(c3cc(C)cc(Cl)c3)C2(C)Cl)ccc1C. The standard InChI is InChI=1S/C26H30Cl2N2/c1-15(2)14-29-18(5)23-13-22(9-8-17(23)4)30-19(6)24-25(26(24,7)28)20-10-16(3)11-21(27)12-20/h8-13,24-25,29-30H,1,5-6,14H2,2-4,7H3. The van der Waals surface area contributed by atoms with Crippen LogP contribution >= 0.6 is 23.2 Å². The Balaban J connectivity index is 1.77. The third-order valence-corrected chi connectivity index (χ3v) is 6.40. The minimum atomic E-state index is -0.388. The predicted octanol–water partition coefficient (Wildman–Crippen LogP) is 7.43. The van der Waals surface area contributed by atoms with Gasteiger partial charge < -0.3 is 10.6 Å². The van der Waals surface area contributed by atoms with Gasteiger partial charge in [-0.25, -0.2) is 0 Å². The van der Waals surface area contributed by atoms with E-state index in [4.69, 9.17) is 23.2 Å². The number of hydrogen-bond donors (Lipinski definition) is 2. The Kier molecular flexibility index (Phi) is 6.40. The number of hydrogen-bond acceptors (Lipinski definition) is 2. The van der Waals surface area contributed by atoms with E-state index < -0.39 is 0 Å². The van der Waals surface area contributed by atoms with Gasteiger partial charge in [-0.3, -0.25) is 0 Å². The van der Waals surface area contributed by atoms with Crippen LogP contribution in [0.25, 0.3) is 5.70 Å². The normalized spacial score (nSPS) is 22.3. The van der Waals surface area contributed by atoms with Crippen LogP contribution in [0, 0.1) is 19.8 Å². The van der Waals surface area contributed by atoms with E-state index in [0.717, 1.165) is 49.9 Å². The Morgan fingerprint density at radius 3 is 2.43 bits per heavy atom. The Labute approximate surface area is 190 Å². The van der Waals surface area contributed by atoms with Gasteiger partial charge in [0, 0.05) is 46.0 Å². The summed E-state index contributed by atoms with van der Waals surface area (Å²) in [6.45, 7) is 21.3. The summed E-state index contributed by atoms with van der Waals surface area (Å²) in [5, 5.41) is 7.55. The summed E-state index contributed by atoms with van der Waals surface area (Å²) in [5.41, 5.74) is 8.35.